The van der Waals surface area contributed by atoms with Crippen LogP contribution in [0.2, 0.25) is 0 Å². The molecule has 118 valence electrons. The summed E-state index contributed by atoms with van der Waals surface area (Å²) in [5.74, 6) is 0.377. The molecular formula is C17H22O4Si. The number of phenols is 2. The first-order chi connectivity index (χ1) is 10.7. The van der Waals surface area contributed by atoms with E-state index in [0.717, 1.165) is 10.4 Å². The Morgan fingerprint density at radius 3 is 1.82 bits per heavy atom. The minimum absolute atomic E-state index is 0.189. The molecule has 2 N–H and O–H groups in total. The molecule has 0 aliphatic rings. The summed E-state index contributed by atoms with van der Waals surface area (Å²) >= 11 is 0. The third kappa shape index (κ3) is 3.88. The Morgan fingerprint density at radius 2 is 1.41 bits per heavy atom. The van der Waals surface area contributed by atoms with Gasteiger partial charge in [-0.1, -0.05) is 43.3 Å². The van der Waals surface area contributed by atoms with Gasteiger partial charge in [-0.25, -0.2) is 0 Å². The van der Waals surface area contributed by atoms with Crippen LogP contribution in [0.3, 0.4) is 0 Å². The van der Waals surface area contributed by atoms with Crippen LogP contribution in [0.1, 0.15) is 20.3 Å². The molecule has 0 spiro atoms. The summed E-state index contributed by atoms with van der Waals surface area (Å²) in [7, 11) is -2.26. The Balaban J connectivity index is 2.41. The number of hydrogen-bond donors (Lipinski definition) is 2. The van der Waals surface area contributed by atoms with Crippen molar-refractivity contribution in [1.82, 2.24) is 0 Å². The van der Waals surface area contributed by atoms with Gasteiger partial charge < -0.3 is 19.4 Å². The lowest BCUT2D eigenvalue weighted by atomic mass is 10.3. The van der Waals surface area contributed by atoms with Crippen molar-refractivity contribution in [3.63, 3.8) is 0 Å². The second kappa shape index (κ2) is 7.98. The summed E-state index contributed by atoms with van der Waals surface area (Å²) in [5, 5.41) is 21.8. The van der Waals surface area contributed by atoms with Crippen molar-refractivity contribution in [2.24, 2.45) is 0 Å². The molecule has 0 amide bonds. The van der Waals surface area contributed by atoms with Gasteiger partial charge in [0, 0.05) is 17.0 Å². The standard InChI is InChI=1S/C17H22O4Si/c1-3-17(20-4-2)21-22(15-11-7-5-9-13(15)18)16-12-8-6-10-14(16)19/h5-12,17-19,22H,3-4H2,1-2H3. The Hall–Kier alpha value is -1.82. The minimum atomic E-state index is -2.26. The number of para-hydroxylation sites is 2. The molecule has 0 saturated heterocycles. The average molecular weight is 318 g/mol. The molecular weight excluding hydrogens is 296 g/mol. The maximum Gasteiger partial charge on any atom is 0.250 e. The van der Waals surface area contributed by atoms with Crippen LogP contribution in [-0.2, 0) is 9.16 Å². The van der Waals surface area contributed by atoms with Crippen molar-refractivity contribution in [2.75, 3.05) is 6.61 Å². The highest BCUT2D eigenvalue weighted by atomic mass is 28.3. The maximum atomic E-state index is 10.2. The minimum Gasteiger partial charge on any atom is -0.508 e. The first-order valence-corrected chi connectivity index (χ1v) is 9.12. The van der Waals surface area contributed by atoms with E-state index in [1.54, 1.807) is 24.3 Å². The summed E-state index contributed by atoms with van der Waals surface area (Å²) < 4.78 is 11.8. The van der Waals surface area contributed by atoms with Crippen LogP contribution < -0.4 is 10.4 Å². The van der Waals surface area contributed by atoms with Gasteiger partial charge in [0.1, 0.15) is 17.8 Å². The van der Waals surface area contributed by atoms with Crippen LogP contribution in [0.4, 0.5) is 0 Å². The van der Waals surface area contributed by atoms with Crippen LogP contribution in [0.25, 0.3) is 0 Å². The smallest absolute Gasteiger partial charge is 0.250 e. The van der Waals surface area contributed by atoms with Crippen LogP contribution in [0.5, 0.6) is 11.5 Å². The first-order valence-electron chi connectivity index (χ1n) is 7.50. The van der Waals surface area contributed by atoms with Crippen molar-refractivity contribution in [1.29, 1.82) is 0 Å². The van der Waals surface area contributed by atoms with E-state index in [1.165, 1.54) is 0 Å². The molecule has 2 rings (SSSR count). The summed E-state index contributed by atoms with van der Waals surface area (Å²) in [6, 6.07) is 14.2. The fraction of sp³-hybridized carbons (Fsp3) is 0.294. The van der Waals surface area contributed by atoms with Gasteiger partial charge in [0.15, 0.2) is 0 Å². The molecule has 2 aromatic rings. The van der Waals surface area contributed by atoms with Gasteiger partial charge in [-0.2, -0.15) is 0 Å². The van der Waals surface area contributed by atoms with Crippen molar-refractivity contribution in [3.05, 3.63) is 48.5 Å². The molecule has 0 bridgehead atoms. The Morgan fingerprint density at radius 1 is 0.909 bits per heavy atom. The van der Waals surface area contributed by atoms with Crippen LogP contribution in [0.15, 0.2) is 48.5 Å². The zero-order valence-corrected chi connectivity index (χ0v) is 14.1. The third-order valence-electron chi connectivity index (χ3n) is 3.41. The van der Waals surface area contributed by atoms with Gasteiger partial charge in [0.2, 0.25) is 0 Å². The van der Waals surface area contributed by atoms with E-state index in [-0.39, 0.29) is 17.8 Å². The molecule has 0 aliphatic carbocycles. The molecule has 2 aromatic carbocycles. The molecule has 0 saturated carbocycles. The maximum absolute atomic E-state index is 10.2. The number of phenolic OH excluding ortho intramolecular Hbond substituents is 2. The Kier molecular flexibility index (Phi) is 6.00. The molecule has 1 unspecified atom stereocenters. The normalized spacial score (nSPS) is 12.5. The quantitative estimate of drug-likeness (QED) is 0.603. The average Bonchev–Trinajstić information content (AvgIpc) is 2.53. The number of hydrogen-bond acceptors (Lipinski definition) is 4. The third-order valence-corrected chi connectivity index (χ3v) is 6.09. The molecule has 0 aliphatic heterocycles. The van der Waals surface area contributed by atoms with Crippen LogP contribution >= 0.6 is 0 Å². The molecule has 0 heterocycles. The number of aromatic hydroxyl groups is 2. The van der Waals surface area contributed by atoms with E-state index < -0.39 is 9.04 Å². The fourth-order valence-corrected chi connectivity index (χ4v) is 4.83. The zero-order valence-electron chi connectivity index (χ0n) is 12.9. The van der Waals surface area contributed by atoms with Gasteiger partial charge in [-0.05, 0) is 25.5 Å². The summed E-state index contributed by atoms with van der Waals surface area (Å²) in [4.78, 5) is 0. The van der Waals surface area contributed by atoms with E-state index >= 15 is 0 Å². The highest BCUT2D eigenvalue weighted by Gasteiger charge is 2.26. The fourth-order valence-electron chi connectivity index (χ4n) is 2.32. The predicted octanol–water partition coefficient (Wildman–Crippen LogP) is 1.72. The first kappa shape index (κ1) is 16.5. The Bertz CT molecular complexity index is 557. The molecule has 4 nitrogen and oxygen atoms in total. The highest BCUT2D eigenvalue weighted by molar-refractivity contribution is 6.81. The lowest BCUT2D eigenvalue weighted by molar-refractivity contribution is -0.0770. The van der Waals surface area contributed by atoms with E-state index in [9.17, 15) is 10.2 Å². The highest BCUT2D eigenvalue weighted by Crippen LogP contribution is 2.13. The van der Waals surface area contributed by atoms with Crippen molar-refractivity contribution >= 4 is 19.4 Å². The van der Waals surface area contributed by atoms with Gasteiger partial charge in [0.05, 0.1) is 0 Å². The zero-order chi connectivity index (χ0) is 15.9. The topological polar surface area (TPSA) is 58.9 Å². The summed E-state index contributed by atoms with van der Waals surface area (Å²) in [5.41, 5.74) is 0. The van der Waals surface area contributed by atoms with E-state index in [1.807, 2.05) is 38.1 Å². The van der Waals surface area contributed by atoms with Gasteiger partial charge in [0.25, 0.3) is 9.04 Å². The molecule has 0 fully saturated rings. The lowest BCUT2D eigenvalue weighted by Crippen LogP contribution is -2.47. The number of ether oxygens (including phenoxy) is 1. The molecule has 0 radical (unpaired) electrons. The molecule has 5 heteroatoms. The predicted molar refractivity (Wildman–Crippen MR) is 89.4 cm³/mol. The van der Waals surface area contributed by atoms with Crippen molar-refractivity contribution in [2.45, 2.75) is 26.6 Å². The molecule has 1 atom stereocenters. The van der Waals surface area contributed by atoms with Gasteiger partial charge in [-0.3, -0.25) is 0 Å². The van der Waals surface area contributed by atoms with Crippen LogP contribution in [0, 0.1) is 0 Å². The van der Waals surface area contributed by atoms with E-state index in [0.29, 0.717) is 13.0 Å². The summed E-state index contributed by atoms with van der Waals surface area (Å²) in [6.45, 7) is 4.46. The van der Waals surface area contributed by atoms with Crippen LogP contribution in [-0.4, -0.2) is 32.2 Å². The SMILES string of the molecule is CCOC(CC)O[SiH](c1ccccc1O)c1ccccc1O. The van der Waals surface area contributed by atoms with E-state index in [2.05, 4.69) is 0 Å². The number of rotatable bonds is 7. The second-order valence-corrected chi connectivity index (χ2v) is 7.20. The van der Waals surface area contributed by atoms with E-state index in [4.69, 9.17) is 9.16 Å². The largest absolute Gasteiger partial charge is 0.508 e. The summed E-state index contributed by atoms with van der Waals surface area (Å²) in [6.07, 6.45) is 0.360. The molecule has 0 aromatic heterocycles. The molecule has 22 heavy (non-hydrogen) atoms. The van der Waals surface area contributed by atoms with Gasteiger partial charge >= 0.3 is 0 Å². The Labute approximate surface area is 132 Å². The number of benzene rings is 2. The lowest BCUT2D eigenvalue weighted by Gasteiger charge is -2.24. The van der Waals surface area contributed by atoms with Crippen molar-refractivity contribution in [3.8, 4) is 11.5 Å². The monoisotopic (exact) mass is 318 g/mol. The van der Waals surface area contributed by atoms with Crippen molar-refractivity contribution < 1.29 is 19.4 Å². The second-order valence-electron chi connectivity index (χ2n) is 4.93. The van der Waals surface area contributed by atoms with Gasteiger partial charge in [-0.15, -0.1) is 0 Å².